The molecule has 72 valence electrons. The first-order valence-electron chi connectivity index (χ1n) is 4.02. The van der Waals surface area contributed by atoms with E-state index in [4.69, 9.17) is 0 Å². The predicted molar refractivity (Wildman–Crippen MR) is 54.3 cm³/mol. The molecular formula is C10H12BrFO. The Morgan fingerprint density at radius 3 is 2.54 bits per heavy atom. The number of aliphatic hydroxyl groups is 1. The van der Waals surface area contributed by atoms with Crippen LogP contribution in [0.1, 0.15) is 25.0 Å². The molecule has 1 nitrogen and oxygen atoms in total. The molecule has 1 aromatic rings. The third-order valence-corrected chi connectivity index (χ3v) is 2.49. The van der Waals surface area contributed by atoms with Crippen LogP contribution in [0.4, 0.5) is 4.39 Å². The maximum absolute atomic E-state index is 13.2. The molecule has 13 heavy (non-hydrogen) atoms. The minimum atomic E-state index is -1.12. The Kier molecular flexibility index (Phi) is 3.09. The molecule has 0 saturated heterocycles. The molecule has 0 aliphatic carbocycles. The smallest absolute Gasteiger partial charge is 0.129 e. The molecule has 1 aromatic carbocycles. The van der Waals surface area contributed by atoms with Gasteiger partial charge in [0.15, 0.2) is 0 Å². The van der Waals surface area contributed by atoms with Crippen LogP contribution in [-0.4, -0.2) is 5.11 Å². The molecule has 0 heterocycles. The second-order valence-electron chi connectivity index (χ2n) is 3.51. The van der Waals surface area contributed by atoms with Gasteiger partial charge in [-0.25, -0.2) is 4.39 Å². The van der Waals surface area contributed by atoms with Crippen molar-refractivity contribution in [3.8, 4) is 0 Å². The molecule has 0 bridgehead atoms. The van der Waals surface area contributed by atoms with E-state index in [2.05, 4.69) is 15.9 Å². The summed E-state index contributed by atoms with van der Waals surface area (Å²) < 4.78 is 13.2. The van der Waals surface area contributed by atoms with Crippen molar-refractivity contribution in [3.63, 3.8) is 0 Å². The molecule has 0 saturated carbocycles. The topological polar surface area (TPSA) is 20.2 Å². The number of alkyl halides is 1. The minimum Gasteiger partial charge on any atom is -0.386 e. The third-order valence-electron chi connectivity index (χ3n) is 1.84. The Morgan fingerprint density at radius 2 is 2.08 bits per heavy atom. The maximum atomic E-state index is 13.2. The zero-order chi connectivity index (χ0) is 10.1. The average molecular weight is 247 g/mol. The predicted octanol–water partition coefficient (Wildman–Crippen LogP) is 2.95. The normalized spacial score (nSPS) is 11.8. The van der Waals surface area contributed by atoms with E-state index in [1.165, 1.54) is 6.07 Å². The van der Waals surface area contributed by atoms with E-state index >= 15 is 0 Å². The van der Waals surface area contributed by atoms with Crippen molar-refractivity contribution in [2.45, 2.75) is 24.8 Å². The van der Waals surface area contributed by atoms with Gasteiger partial charge in [-0.2, -0.15) is 0 Å². The van der Waals surface area contributed by atoms with E-state index < -0.39 is 5.60 Å². The molecule has 0 aromatic heterocycles. The second-order valence-corrected chi connectivity index (χ2v) is 4.07. The van der Waals surface area contributed by atoms with E-state index in [1.54, 1.807) is 26.0 Å². The molecule has 1 N–H and O–H groups in total. The Hall–Kier alpha value is -0.410. The van der Waals surface area contributed by atoms with Crippen molar-refractivity contribution in [2.75, 3.05) is 0 Å². The van der Waals surface area contributed by atoms with Gasteiger partial charge in [0.2, 0.25) is 0 Å². The van der Waals surface area contributed by atoms with Gasteiger partial charge in [-0.3, -0.25) is 0 Å². The molecule has 0 amide bonds. The highest BCUT2D eigenvalue weighted by Gasteiger charge is 2.20. The number of halogens is 2. The zero-order valence-corrected chi connectivity index (χ0v) is 9.23. The lowest BCUT2D eigenvalue weighted by Gasteiger charge is -2.19. The lowest BCUT2D eigenvalue weighted by Crippen LogP contribution is -2.17. The van der Waals surface area contributed by atoms with Crippen LogP contribution in [0.2, 0.25) is 0 Å². The van der Waals surface area contributed by atoms with Crippen molar-refractivity contribution >= 4 is 15.9 Å². The van der Waals surface area contributed by atoms with E-state index in [0.29, 0.717) is 10.9 Å². The molecule has 0 aliphatic rings. The van der Waals surface area contributed by atoms with Crippen LogP contribution in [-0.2, 0) is 10.9 Å². The summed E-state index contributed by atoms with van der Waals surface area (Å²) in [6.45, 7) is 3.15. The largest absolute Gasteiger partial charge is 0.386 e. The first-order chi connectivity index (χ1) is 5.95. The van der Waals surface area contributed by atoms with Gasteiger partial charge in [0.05, 0.1) is 5.60 Å². The van der Waals surface area contributed by atoms with E-state index in [1.807, 2.05) is 0 Å². The van der Waals surface area contributed by atoms with Crippen LogP contribution < -0.4 is 0 Å². The molecule has 1 rings (SSSR count). The van der Waals surface area contributed by atoms with E-state index in [0.717, 1.165) is 5.56 Å². The number of hydrogen-bond acceptors (Lipinski definition) is 1. The van der Waals surface area contributed by atoms with Crippen LogP contribution in [0.3, 0.4) is 0 Å². The van der Waals surface area contributed by atoms with Gasteiger partial charge in [-0.15, -0.1) is 0 Å². The first kappa shape index (κ1) is 10.7. The van der Waals surface area contributed by atoms with Crippen molar-refractivity contribution in [3.05, 3.63) is 35.1 Å². The standard InChI is InChI=1S/C10H12BrFO/c1-10(2,13)8-5-7(6-11)3-4-9(8)12/h3-5,13H,6H2,1-2H3. The van der Waals surface area contributed by atoms with E-state index in [-0.39, 0.29) is 5.82 Å². The van der Waals surface area contributed by atoms with Crippen molar-refractivity contribution in [1.82, 2.24) is 0 Å². The quantitative estimate of drug-likeness (QED) is 0.796. The summed E-state index contributed by atoms with van der Waals surface area (Å²) in [5, 5.41) is 10.3. The lowest BCUT2D eigenvalue weighted by atomic mass is 9.96. The highest BCUT2D eigenvalue weighted by molar-refractivity contribution is 9.08. The average Bonchev–Trinajstić information content (AvgIpc) is 2.03. The van der Waals surface area contributed by atoms with Crippen molar-refractivity contribution in [1.29, 1.82) is 0 Å². The van der Waals surface area contributed by atoms with Crippen LogP contribution >= 0.6 is 15.9 Å². The van der Waals surface area contributed by atoms with Gasteiger partial charge < -0.3 is 5.11 Å². The minimum absolute atomic E-state index is 0.337. The molecule has 0 atom stereocenters. The third kappa shape index (κ3) is 2.51. The number of benzene rings is 1. The van der Waals surface area contributed by atoms with Crippen molar-refractivity contribution in [2.24, 2.45) is 0 Å². The van der Waals surface area contributed by atoms with Gasteiger partial charge in [-0.1, -0.05) is 22.0 Å². The van der Waals surface area contributed by atoms with Gasteiger partial charge in [-0.05, 0) is 31.5 Å². The fourth-order valence-corrected chi connectivity index (χ4v) is 1.47. The first-order valence-corrected chi connectivity index (χ1v) is 5.14. The summed E-state index contributed by atoms with van der Waals surface area (Å²) in [4.78, 5) is 0. The highest BCUT2D eigenvalue weighted by Crippen LogP contribution is 2.24. The lowest BCUT2D eigenvalue weighted by molar-refractivity contribution is 0.0745. The molecule has 0 fully saturated rings. The van der Waals surface area contributed by atoms with Gasteiger partial charge >= 0.3 is 0 Å². The van der Waals surface area contributed by atoms with Crippen molar-refractivity contribution < 1.29 is 9.50 Å². The monoisotopic (exact) mass is 246 g/mol. The van der Waals surface area contributed by atoms with Crippen LogP contribution in [0.25, 0.3) is 0 Å². The fraction of sp³-hybridized carbons (Fsp3) is 0.400. The Bertz CT molecular complexity index is 304. The highest BCUT2D eigenvalue weighted by atomic mass is 79.9. The van der Waals surface area contributed by atoms with Crippen LogP contribution in [0, 0.1) is 5.82 Å². The molecule has 3 heteroatoms. The van der Waals surface area contributed by atoms with Gasteiger partial charge in [0.1, 0.15) is 5.82 Å². The second kappa shape index (κ2) is 3.76. The summed E-state index contributed by atoms with van der Waals surface area (Å²) in [7, 11) is 0. The van der Waals surface area contributed by atoms with Gasteiger partial charge in [0, 0.05) is 10.9 Å². The number of rotatable bonds is 2. The fourth-order valence-electron chi connectivity index (χ4n) is 1.12. The Balaban J connectivity index is 3.19. The summed E-state index contributed by atoms with van der Waals surface area (Å²) >= 11 is 3.28. The van der Waals surface area contributed by atoms with Crippen LogP contribution in [0.15, 0.2) is 18.2 Å². The molecule has 0 spiro atoms. The molecule has 0 unspecified atom stereocenters. The maximum Gasteiger partial charge on any atom is 0.129 e. The molecule has 0 radical (unpaired) electrons. The SMILES string of the molecule is CC(C)(O)c1cc(CBr)ccc1F. The Labute approximate surface area is 85.7 Å². The number of hydrogen-bond donors (Lipinski definition) is 1. The Morgan fingerprint density at radius 1 is 1.46 bits per heavy atom. The summed E-state index contributed by atoms with van der Waals surface area (Å²) in [6.07, 6.45) is 0. The summed E-state index contributed by atoms with van der Waals surface area (Å²) in [5.74, 6) is -0.364. The summed E-state index contributed by atoms with van der Waals surface area (Å²) in [5.41, 5.74) is 0.172. The van der Waals surface area contributed by atoms with Crippen LogP contribution in [0.5, 0.6) is 0 Å². The zero-order valence-electron chi connectivity index (χ0n) is 7.64. The molecule has 0 aliphatic heterocycles. The van der Waals surface area contributed by atoms with Gasteiger partial charge in [0.25, 0.3) is 0 Å². The summed E-state index contributed by atoms with van der Waals surface area (Å²) in [6, 6.07) is 4.74. The molecular weight excluding hydrogens is 235 g/mol. The van der Waals surface area contributed by atoms with E-state index in [9.17, 15) is 9.50 Å².